The number of aryl methyl sites for hydroxylation is 1. The van der Waals surface area contributed by atoms with Gasteiger partial charge in [0, 0.05) is 24.4 Å². The number of rotatable bonds is 7. The molecule has 140 valence electrons. The Morgan fingerprint density at radius 3 is 2.52 bits per heavy atom. The lowest BCUT2D eigenvalue weighted by Gasteiger charge is -2.18. The van der Waals surface area contributed by atoms with E-state index in [9.17, 15) is 9.18 Å². The molecular formula is C20H21FN4O2. The molecule has 1 N–H and O–H groups in total. The van der Waals surface area contributed by atoms with Crippen LogP contribution in [-0.2, 0) is 11.2 Å². The van der Waals surface area contributed by atoms with Gasteiger partial charge in [0.2, 0.25) is 17.6 Å². The molecule has 1 aromatic carbocycles. The number of carbonyl (C=O) groups is 1. The number of halogens is 1. The molecule has 0 spiro atoms. The van der Waals surface area contributed by atoms with Crippen LogP contribution in [0.5, 0.6) is 0 Å². The highest BCUT2D eigenvalue weighted by atomic mass is 19.1. The van der Waals surface area contributed by atoms with E-state index >= 15 is 0 Å². The second kappa shape index (κ2) is 8.53. The van der Waals surface area contributed by atoms with E-state index in [2.05, 4.69) is 20.4 Å². The fourth-order valence-electron chi connectivity index (χ4n) is 2.65. The van der Waals surface area contributed by atoms with Gasteiger partial charge in [-0.3, -0.25) is 9.78 Å². The summed E-state index contributed by atoms with van der Waals surface area (Å²) in [6.45, 7) is 3.95. The van der Waals surface area contributed by atoms with Gasteiger partial charge in [-0.1, -0.05) is 31.1 Å². The van der Waals surface area contributed by atoms with Gasteiger partial charge in [0.1, 0.15) is 11.9 Å². The Kier molecular flexibility index (Phi) is 5.90. The smallest absolute Gasteiger partial charge is 0.249 e. The lowest BCUT2D eigenvalue weighted by molar-refractivity contribution is -0.122. The summed E-state index contributed by atoms with van der Waals surface area (Å²) in [6.07, 6.45) is 4.13. The van der Waals surface area contributed by atoms with E-state index in [-0.39, 0.29) is 23.7 Å². The predicted octanol–water partition coefficient (Wildman–Crippen LogP) is 3.72. The van der Waals surface area contributed by atoms with Crippen molar-refractivity contribution in [2.24, 2.45) is 5.92 Å². The van der Waals surface area contributed by atoms with Gasteiger partial charge in [0.05, 0.1) is 0 Å². The van der Waals surface area contributed by atoms with Gasteiger partial charge < -0.3 is 9.84 Å². The van der Waals surface area contributed by atoms with Gasteiger partial charge in [-0.05, 0) is 42.2 Å². The number of nitrogens with one attached hydrogen (secondary N) is 1. The molecule has 0 bridgehead atoms. The first-order valence-electron chi connectivity index (χ1n) is 8.80. The Hall–Kier alpha value is -3.09. The van der Waals surface area contributed by atoms with Crippen molar-refractivity contribution in [2.75, 3.05) is 0 Å². The zero-order chi connectivity index (χ0) is 19.2. The highest BCUT2D eigenvalue weighted by Gasteiger charge is 2.24. The fraction of sp³-hybridized carbons (Fsp3) is 0.300. The molecule has 3 rings (SSSR count). The lowest BCUT2D eigenvalue weighted by Crippen LogP contribution is -2.32. The van der Waals surface area contributed by atoms with Gasteiger partial charge in [0.25, 0.3) is 0 Å². The number of benzene rings is 1. The molecule has 7 heteroatoms. The van der Waals surface area contributed by atoms with Crippen molar-refractivity contribution < 1.29 is 13.7 Å². The zero-order valence-electron chi connectivity index (χ0n) is 15.2. The minimum Gasteiger partial charge on any atom is -0.344 e. The molecule has 0 fully saturated rings. The minimum atomic E-state index is -0.381. The highest BCUT2D eigenvalue weighted by Crippen LogP contribution is 2.23. The van der Waals surface area contributed by atoms with Crippen molar-refractivity contribution in [3.63, 3.8) is 0 Å². The van der Waals surface area contributed by atoms with Crippen LogP contribution in [0.1, 0.15) is 37.8 Å². The minimum absolute atomic E-state index is 0.0745. The summed E-state index contributed by atoms with van der Waals surface area (Å²) in [5.41, 5.74) is 1.70. The Morgan fingerprint density at radius 2 is 1.85 bits per heavy atom. The monoisotopic (exact) mass is 368 g/mol. The van der Waals surface area contributed by atoms with Crippen molar-refractivity contribution in [1.82, 2.24) is 20.4 Å². The SMILES string of the molecule is CC(C)C(NC(=O)CCc1ccc(F)cc1)c1nc(-c2ccncc2)no1. The van der Waals surface area contributed by atoms with Crippen LogP contribution in [0.25, 0.3) is 11.4 Å². The normalized spacial score (nSPS) is 12.1. The molecule has 2 heterocycles. The number of hydrogen-bond acceptors (Lipinski definition) is 5. The first-order chi connectivity index (χ1) is 13.0. The largest absolute Gasteiger partial charge is 0.344 e. The molecule has 6 nitrogen and oxygen atoms in total. The quantitative estimate of drug-likeness (QED) is 0.687. The van der Waals surface area contributed by atoms with Crippen molar-refractivity contribution in [3.05, 3.63) is 66.1 Å². The summed E-state index contributed by atoms with van der Waals surface area (Å²) in [5, 5.41) is 6.96. The second-order valence-corrected chi connectivity index (χ2v) is 6.61. The number of carbonyl (C=O) groups excluding carboxylic acids is 1. The third-order valence-corrected chi connectivity index (χ3v) is 4.18. The van der Waals surface area contributed by atoms with Crippen molar-refractivity contribution in [2.45, 2.75) is 32.7 Å². The molecule has 1 atom stereocenters. The Morgan fingerprint density at radius 1 is 1.15 bits per heavy atom. The van der Waals surface area contributed by atoms with Crippen LogP contribution < -0.4 is 5.32 Å². The van der Waals surface area contributed by atoms with Gasteiger partial charge >= 0.3 is 0 Å². The first kappa shape index (κ1) is 18.7. The standard InChI is InChI=1S/C20H21FN4O2/c1-13(2)18(20-24-19(25-27-20)15-9-11-22-12-10-15)23-17(26)8-5-14-3-6-16(21)7-4-14/h3-4,6-7,9-13,18H,5,8H2,1-2H3,(H,23,26). The molecule has 0 radical (unpaired) electrons. The summed E-state index contributed by atoms with van der Waals surface area (Å²) < 4.78 is 18.3. The third kappa shape index (κ3) is 4.97. The Labute approximate surface area is 156 Å². The van der Waals surface area contributed by atoms with Crippen LogP contribution in [0, 0.1) is 11.7 Å². The number of nitrogens with zero attached hydrogens (tertiary/aromatic N) is 3. The summed E-state index contributed by atoms with van der Waals surface area (Å²) in [4.78, 5) is 20.8. The molecule has 0 aliphatic carbocycles. The van der Waals surface area contributed by atoms with Crippen molar-refractivity contribution in [3.8, 4) is 11.4 Å². The van der Waals surface area contributed by atoms with Crippen LogP contribution in [0.4, 0.5) is 4.39 Å². The zero-order valence-corrected chi connectivity index (χ0v) is 15.2. The molecule has 1 amide bonds. The summed E-state index contributed by atoms with van der Waals surface area (Å²) >= 11 is 0. The van der Waals surface area contributed by atoms with Crippen LogP contribution in [0.15, 0.2) is 53.3 Å². The van der Waals surface area contributed by atoms with E-state index in [4.69, 9.17) is 4.52 Å². The summed E-state index contributed by atoms with van der Waals surface area (Å²) in [6, 6.07) is 9.35. The van der Waals surface area contributed by atoms with Crippen LogP contribution >= 0.6 is 0 Å². The maximum absolute atomic E-state index is 13.0. The molecule has 0 saturated carbocycles. The first-order valence-corrected chi connectivity index (χ1v) is 8.80. The summed E-state index contributed by atoms with van der Waals surface area (Å²) in [7, 11) is 0. The van der Waals surface area contributed by atoms with Gasteiger partial charge in [-0.25, -0.2) is 4.39 Å². The number of aromatic nitrogens is 3. The van der Waals surface area contributed by atoms with Crippen molar-refractivity contribution >= 4 is 5.91 Å². The van der Waals surface area contributed by atoms with Gasteiger partial charge in [-0.15, -0.1) is 0 Å². The Bertz CT molecular complexity index is 879. The second-order valence-electron chi connectivity index (χ2n) is 6.61. The van der Waals surface area contributed by atoms with E-state index in [0.29, 0.717) is 24.6 Å². The molecule has 27 heavy (non-hydrogen) atoms. The van der Waals surface area contributed by atoms with E-state index in [1.165, 1.54) is 12.1 Å². The summed E-state index contributed by atoms with van der Waals surface area (Å²) in [5.74, 6) is 0.488. The molecule has 0 aliphatic rings. The van der Waals surface area contributed by atoms with Crippen LogP contribution in [0.2, 0.25) is 0 Å². The topological polar surface area (TPSA) is 80.9 Å². The average molecular weight is 368 g/mol. The van der Waals surface area contributed by atoms with E-state index in [0.717, 1.165) is 11.1 Å². The third-order valence-electron chi connectivity index (χ3n) is 4.18. The molecule has 3 aromatic rings. The Balaban J connectivity index is 1.64. The fourth-order valence-corrected chi connectivity index (χ4v) is 2.65. The number of hydrogen-bond donors (Lipinski definition) is 1. The van der Waals surface area contributed by atoms with Gasteiger partial charge in [0.15, 0.2) is 0 Å². The van der Waals surface area contributed by atoms with E-state index in [1.807, 2.05) is 13.8 Å². The highest BCUT2D eigenvalue weighted by molar-refractivity contribution is 5.76. The molecular weight excluding hydrogens is 347 g/mol. The van der Waals surface area contributed by atoms with Gasteiger partial charge in [-0.2, -0.15) is 4.98 Å². The van der Waals surface area contributed by atoms with Crippen molar-refractivity contribution in [1.29, 1.82) is 0 Å². The van der Waals surface area contributed by atoms with E-state index in [1.54, 1.807) is 36.7 Å². The average Bonchev–Trinajstić information content (AvgIpc) is 3.16. The lowest BCUT2D eigenvalue weighted by atomic mass is 10.0. The number of pyridine rings is 1. The predicted molar refractivity (Wildman–Crippen MR) is 98.0 cm³/mol. The molecule has 0 saturated heterocycles. The molecule has 2 aromatic heterocycles. The van der Waals surface area contributed by atoms with Crippen LogP contribution in [0.3, 0.4) is 0 Å². The molecule has 1 unspecified atom stereocenters. The van der Waals surface area contributed by atoms with Crippen LogP contribution in [-0.4, -0.2) is 21.0 Å². The van der Waals surface area contributed by atoms with E-state index < -0.39 is 0 Å². The molecule has 0 aliphatic heterocycles. The maximum Gasteiger partial charge on any atom is 0.249 e. The number of amides is 1. The maximum atomic E-state index is 13.0.